The van der Waals surface area contributed by atoms with Crippen LogP contribution in [0.25, 0.3) is 10.6 Å². The molecule has 2 fully saturated rings. The number of fused-ring (bicyclic) bond motifs is 2. The van der Waals surface area contributed by atoms with Crippen molar-refractivity contribution in [2.75, 3.05) is 23.8 Å². The van der Waals surface area contributed by atoms with Crippen LogP contribution >= 0.6 is 11.3 Å². The Hall–Kier alpha value is -3.89. The number of pyridine rings is 1. The van der Waals surface area contributed by atoms with E-state index in [4.69, 9.17) is 0 Å². The monoisotopic (exact) mass is 567 g/mol. The fraction of sp³-hybridized carbons (Fsp3) is 0.444. The number of nitrogens with zero attached hydrogens (tertiary/aromatic N) is 6. The number of aliphatic hydroxyl groups is 1. The van der Waals surface area contributed by atoms with Crippen molar-refractivity contribution in [3.8, 4) is 22.4 Å². The molecule has 10 nitrogen and oxygen atoms in total. The molecule has 2 saturated carbocycles. The first-order valence-electron chi connectivity index (χ1n) is 12.9. The van der Waals surface area contributed by atoms with Crippen LogP contribution in [-0.2, 0) is 4.79 Å². The second-order valence-electron chi connectivity index (χ2n) is 10.4. The lowest BCUT2D eigenvalue weighted by atomic mass is 9.98. The van der Waals surface area contributed by atoms with Gasteiger partial charge in [-0.3, -0.25) is 19.5 Å². The maximum absolute atomic E-state index is 13.5. The summed E-state index contributed by atoms with van der Waals surface area (Å²) in [6.07, 6.45) is 2.82. The molecule has 6 rings (SSSR count). The van der Waals surface area contributed by atoms with Crippen molar-refractivity contribution >= 4 is 34.8 Å². The first kappa shape index (κ1) is 26.3. The minimum absolute atomic E-state index is 0.0289. The molecule has 3 unspecified atom stereocenters. The van der Waals surface area contributed by atoms with Crippen LogP contribution in [-0.4, -0.2) is 67.2 Å². The SMILES string of the molecule is CC#CCN1C(=O)c2c(ncn2[C@@H](C)C(=O)Nc2csc(-c3ccc(C4CC5C(C4)C5(F)F)nc3)n2)N(C)C1O. The van der Waals surface area contributed by atoms with Crippen molar-refractivity contribution in [3.05, 3.63) is 41.4 Å². The zero-order valence-corrected chi connectivity index (χ0v) is 22.8. The summed E-state index contributed by atoms with van der Waals surface area (Å²) in [7, 11) is 1.61. The first-order chi connectivity index (χ1) is 19.1. The fourth-order valence-electron chi connectivity index (χ4n) is 5.63. The summed E-state index contributed by atoms with van der Waals surface area (Å²) in [5, 5.41) is 15.7. The van der Waals surface area contributed by atoms with Crippen molar-refractivity contribution < 1.29 is 23.5 Å². The predicted molar refractivity (Wildman–Crippen MR) is 144 cm³/mol. The molecule has 40 heavy (non-hydrogen) atoms. The fourth-order valence-corrected chi connectivity index (χ4v) is 6.38. The molecule has 1 aliphatic heterocycles. The van der Waals surface area contributed by atoms with Gasteiger partial charge in [0.1, 0.15) is 16.9 Å². The Morgan fingerprint density at radius 3 is 2.73 bits per heavy atom. The van der Waals surface area contributed by atoms with E-state index in [1.54, 1.807) is 32.5 Å². The third-order valence-corrected chi connectivity index (χ3v) is 8.96. The number of aromatic nitrogens is 4. The average molecular weight is 568 g/mol. The summed E-state index contributed by atoms with van der Waals surface area (Å²) >= 11 is 1.34. The van der Waals surface area contributed by atoms with Gasteiger partial charge in [0.25, 0.3) is 11.8 Å². The Kier molecular flexibility index (Phi) is 6.35. The van der Waals surface area contributed by atoms with Gasteiger partial charge in [-0.1, -0.05) is 5.92 Å². The standard InChI is InChI=1S/C27H27F2N7O3S/c1-4-5-8-35-25(38)21-22(34(3)26(35)39)31-13-36(21)14(2)23(37)32-20-12-40-24(33-20)15-6-7-19(30-11-15)16-9-17-18(10-16)27(17,28)29/h6-7,11-14,16-18,26,39H,8-10H2,1-3H3,(H,32,37)/t14-,16?,17?,18?,26?/m0/s1. The number of alkyl halides is 2. The molecule has 0 aromatic carbocycles. The highest BCUT2D eigenvalue weighted by atomic mass is 32.1. The second kappa shape index (κ2) is 9.64. The van der Waals surface area contributed by atoms with Gasteiger partial charge in [0, 0.05) is 47.6 Å². The van der Waals surface area contributed by atoms with E-state index in [1.807, 2.05) is 12.1 Å². The third-order valence-electron chi connectivity index (χ3n) is 8.07. The summed E-state index contributed by atoms with van der Waals surface area (Å²) in [6, 6.07) is 2.94. The molecule has 4 heterocycles. The van der Waals surface area contributed by atoms with Gasteiger partial charge in [-0.2, -0.15) is 0 Å². The lowest BCUT2D eigenvalue weighted by Crippen LogP contribution is -2.54. The Balaban J connectivity index is 1.13. The molecule has 0 bridgehead atoms. The Morgan fingerprint density at radius 1 is 1.30 bits per heavy atom. The molecular formula is C27H27F2N7O3S. The molecule has 0 saturated heterocycles. The van der Waals surface area contributed by atoms with Crippen LogP contribution in [0.15, 0.2) is 30.0 Å². The largest absolute Gasteiger partial charge is 0.356 e. The Bertz CT molecular complexity index is 1530. The molecule has 13 heteroatoms. The van der Waals surface area contributed by atoms with E-state index in [0.717, 1.165) is 11.3 Å². The van der Waals surface area contributed by atoms with E-state index in [2.05, 4.69) is 32.1 Å². The first-order valence-corrected chi connectivity index (χ1v) is 13.8. The van der Waals surface area contributed by atoms with Crippen LogP contribution in [0.1, 0.15) is 54.8 Å². The average Bonchev–Trinajstić information content (AvgIpc) is 3.53. The van der Waals surface area contributed by atoms with Crippen LogP contribution < -0.4 is 10.2 Å². The van der Waals surface area contributed by atoms with Crippen molar-refractivity contribution in [2.45, 2.75) is 50.9 Å². The van der Waals surface area contributed by atoms with Crippen LogP contribution in [0.2, 0.25) is 0 Å². The normalized spacial score (nSPS) is 25.1. The maximum atomic E-state index is 13.5. The summed E-state index contributed by atoms with van der Waals surface area (Å²) in [6.45, 7) is 3.32. The van der Waals surface area contributed by atoms with Crippen molar-refractivity contribution in [2.24, 2.45) is 11.8 Å². The molecule has 2 N–H and O–H groups in total. The molecule has 3 aliphatic rings. The molecule has 208 valence electrons. The molecule has 0 spiro atoms. The van der Waals surface area contributed by atoms with Crippen LogP contribution in [0.5, 0.6) is 0 Å². The maximum Gasteiger partial charge on any atom is 0.278 e. The van der Waals surface area contributed by atoms with E-state index in [1.165, 1.54) is 32.0 Å². The number of carbonyl (C=O) groups excluding carboxylic acids is 2. The summed E-state index contributed by atoms with van der Waals surface area (Å²) in [5.41, 5.74) is 1.77. The number of hydrogen-bond acceptors (Lipinski definition) is 8. The van der Waals surface area contributed by atoms with E-state index in [0.29, 0.717) is 23.7 Å². The summed E-state index contributed by atoms with van der Waals surface area (Å²) < 4.78 is 28.5. The van der Waals surface area contributed by atoms with E-state index < -0.39 is 42.0 Å². The number of rotatable bonds is 6. The van der Waals surface area contributed by atoms with Gasteiger partial charge < -0.3 is 19.9 Å². The number of nitrogens with one attached hydrogen (secondary N) is 1. The smallest absolute Gasteiger partial charge is 0.278 e. The number of hydrogen-bond donors (Lipinski definition) is 2. The lowest BCUT2D eigenvalue weighted by molar-refractivity contribution is -0.118. The lowest BCUT2D eigenvalue weighted by Gasteiger charge is -2.37. The minimum Gasteiger partial charge on any atom is -0.356 e. The van der Waals surface area contributed by atoms with Gasteiger partial charge in [0.15, 0.2) is 11.5 Å². The second-order valence-corrected chi connectivity index (χ2v) is 11.2. The molecule has 0 radical (unpaired) electrons. The van der Waals surface area contributed by atoms with E-state index in [9.17, 15) is 23.5 Å². The van der Waals surface area contributed by atoms with Crippen LogP contribution in [0, 0.1) is 23.7 Å². The number of imidazole rings is 1. The minimum atomic E-state index is -2.49. The third kappa shape index (κ3) is 4.22. The van der Waals surface area contributed by atoms with Crippen LogP contribution in [0.3, 0.4) is 0 Å². The van der Waals surface area contributed by atoms with Crippen molar-refractivity contribution in [3.63, 3.8) is 0 Å². The predicted octanol–water partition coefficient (Wildman–Crippen LogP) is 3.55. The highest BCUT2D eigenvalue weighted by Gasteiger charge is 2.71. The molecule has 2 aliphatic carbocycles. The van der Waals surface area contributed by atoms with Crippen LogP contribution in [0.4, 0.5) is 20.4 Å². The van der Waals surface area contributed by atoms with E-state index in [-0.39, 0.29) is 24.0 Å². The van der Waals surface area contributed by atoms with Gasteiger partial charge in [-0.05, 0) is 38.8 Å². The molecule has 3 aromatic rings. The molecular weight excluding hydrogens is 540 g/mol. The van der Waals surface area contributed by atoms with Crippen molar-refractivity contribution in [1.82, 2.24) is 24.4 Å². The number of anilines is 2. The Labute approximate surface area is 233 Å². The highest BCUT2D eigenvalue weighted by Crippen LogP contribution is 2.67. The summed E-state index contributed by atoms with van der Waals surface area (Å²) in [5.74, 6) is 1.81. The van der Waals surface area contributed by atoms with Gasteiger partial charge in [0.05, 0.1) is 12.9 Å². The zero-order valence-electron chi connectivity index (χ0n) is 22.0. The number of aliphatic hydroxyl groups excluding tert-OH is 1. The Morgan fingerprint density at radius 2 is 2.05 bits per heavy atom. The van der Waals surface area contributed by atoms with Gasteiger partial charge in [-0.15, -0.1) is 17.3 Å². The quantitative estimate of drug-likeness (QED) is 0.438. The van der Waals surface area contributed by atoms with E-state index >= 15 is 0 Å². The van der Waals surface area contributed by atoms with Gasteiger partial charge in [0.2, 0.25) is 12.3 Å². The number of halogens is 2. The number of carbonyl (C=O) groups is 2. The molecule has 3 aromatic heterocycles. The van der Waals surface area contributed by atoms with Gasteiger partial charge in [-0.25, -0.2) is 18.7 Å². The molecule has 2 amide bonds. The topological polar surface area (TPSA) is 116 Å². The summed E-state index contributed by atoms with van der Waals surface area (Å²) in [4.78, 5) is 42.3. The molecule has 4 atom stereocenters. The number of amides is 2. The van der Waals surface area contributed by atoms with Gasteiger partial charge >= 0.3 is 0 Å². The number of thiazole rings is 1. The highest BCUT2D eigenvalue weighted by molar-refractivity contribution is 7.13. The van der Waals surface area contributed by atoms with Crippen molar-refractivity contribution in [1.29, 1.82) is 0 Å². The zero-order chi connectivity index (χ0) is 28.3.